The minimum Gasteiger partial charge on any atom is -0.370 e. The van der Waals surface area contributed by atoms with Gasteiger partial charge in [-0.25, -0.2) is 5.84 Å². The summed E-state index contributed by atoms with van der Waals surface area (Å²) in [5.41, 5.74) is 7.00. The molecule has 0 fully saturated rings. The van der Waals surface area contributed by atoms with Crippen LogP contribution in [0, 0.1) is 0 Å². The molecule has 0 saturated heterocycles. The molecule has 0 aliphatic carbocycles. The summed E-state index contributed by atoms with van der Waals surface area (Å²) in [7, 11) is 3.60. The topological polar surface area (TPSA) is 135 Å². The van der Waals surface area contributed by atoms with E-state index < -0.39 is 11.4 Å². The van der Waals surface area contributed by atoms with E-state index in [9.17, 15) is 4.79 Å². The first-order valence-electron chi connectivity index (χ1n) is 5.70. The van der Waals surface area contributed by atoms with Crippen LogP contribution in [0.1, 0.15) is 20.3 Å². The zero-order valence-corrected chi connectivity index (χ0v) is 11.6. The molecule has 0 aliphatic heterocycles. The van der Waals surface area contributed by atoms with E-state index in [1.54, 1.807) is 19.0 Å². The van der Waals surface area contributed by atoms with Gasteiger partial charge in [-0.2, -0.15) is 15.0 Å². The van der Waals surface area contributed by atoms with Crippen LogP contribution in [0.5, 0.6) is 0 Å². The fourth-order valence-corrected chi connectivity index (χ4v) is 1.47. The molecule has 1 rings (SSSR count). The van der Waals surface area contributed by atoms with E-state index in [-0.39, 0.29) is 12.4 Å². The molecule has 0 atom stereocenters. The van der Waals surface area contributed by atoms with Crippen LogP contribution in [0.3, 0.4) is 0 Å². The molecule has 9 nitrogen and oxygen atoms in total. The average molecular weight is 268 g/mol. The number of carbonyl (C=O) groups is 1. The number of aromatic nitrogens is 3. The van der Waals surface area contributed by atoms with Crippen LogP contribution < -0.4 is 27.2 Å². The highest BCUT2D eigenvalue weighted by Crippen LogP contribution is 2.17. The van der Waals surface area contributed by atoms with Crippen molar-refractivity contribution in [2.75, 3.05) is 29.7 Å². The summed E-state index contributed by atoms with van der Waals surface area (Å²) in [5, 5.41) is 3.03. The highest BCUT2D eigenvalue weighted by molar-refractivity contribution is 5.75. The maximum Gasteiger partial charge on any atom is 0.243 e. The molecule has 0 aliphatic rings. The number of anilines is 3. The number of nitrogens with two attached hydrogens (primary N) is 2. The Morgan fingerprint density at radius 2 is 1.84 bits per heavy atom. The van der Waals surface area contributed by atoms with E-state index in [4.69, 9.17) is 11.6 Å². The number of amides is 1. The SMILES string of the molecule is CN(C)c1nc(NN)nc(NC(C)(C)CC(N)=O)n1. The number of carbonyl (C=O) groups excluding carboxylic acids is 1. The first kappa shape index (κ1) is 14.9. The van der Waals surface area contributed by atoms with Crippen molar-refractivity contribution in [2.24, 2.45) is 11.6 Å². The van der Waals surface area contributed by atoms with Gasteiger partial charge in [0.25, 0.3) is 0 Å². The van der Waals surface area contributed by atoms with Gasteiger partial charge in [-0.05, 0) is 13.8 Å². The molecule has 1 heterocycles. The Balaban J connectivity index is 3.00. The number of rotatable bonds is 6. The molecule has 6 N–H and O–H groups in total. The maximum atomic E-state index is 11.0. The number of primary amides is 1. The zero-order chi connectivity index (χ0) is 14.6. The number of nitrogens with one attached hydrogen (secondary N) is 2. The predicted molar refractivity (Wildman–Crippen MR) is 73.5 cm³/mol. The molecule has 0 aromatic carbocycles. The summed E-state index contributed by atoms with van der Waals surface area (Å²) in [6.07, 6.45) is 0.154. The van der Waals surface area contributed by atoms with Gasteiger partial charge in [0.1, 0.15) is 0 Å². The lowest BCUT2D eigenvalue weighted by Crippen LogP contribution is -2.37. The van der Waals surface area contributed by atoms with Crippen LogP contribution in [0.25, 0.3) is 0 Å². The molecule has 0 saturated carbocycles. The molecule has 1 aromatic rings. The Morgan fingerprint density at radius 3 is 2.32 bits per heavy atom. The lowest BCUT2D eigenvalue weighted by atomic mass is 10.0. The fourth-order valence-electron chi connectivity index (χ4n) is 1.47. The van der Waals surface area contributed by atoms with Gasteiger partial charge >= 0.3 is 0 Å². The van der Waals surface area contributed by atoms with Crippen LogP contribution in [-0.2, 0) is 4.79 Å². The second-order valence-electron chi connectivity index (χ2n) is 4.97. The molecule has 0 unspecified atom stereocenters. The second kappa shape index (κ2) is 5.65. The monoisotopic (exact) mass is 268 g/mol. The quantitative estimate of drug-likeness (QED) is 0.392. The van der Waals surface area contributed by atoms with Gasteiger partial charge in [-0.1, -0.05) is 0 Å². The van der Waals surface area contributed by atoms with Crippen molar-refractivity contribution in [1.29, 1.82) is 0 Å². The Morgan fingerprint density at radius 1 is 1.26 bits per heavy atom. The van der Waals surface area contributed by atoms with Crippen LogP contribution in [-0.4, -0.2) is 40.5 Å². The summed E-state index contributed by atoms with van der Waals surface area (Å²) in [4.78, 5) is 25.1. The largest absolute Gasteiger partial charge is 0.370 e. The molecule has 1 amide bonds. The van der Waals surface area contributed by atoms with Gasteiger partial charge in [0.05, 0.1) is 0 Å². The smallest absolute Gasteiger partial charge is 0.243 e. The fraction of sp³-hybridized carbons (Fsp3) is 0.600. The van der Waals surface area contributed by atoms with Crippen LogP contribution in [0.4, 0.5) is 17.8 Å². The van der Waals surface area contributed by atoms with E-state index in [0.717, 1.165) is 0 Å². The number of nitrogens with zero attached hydrogens (tertiary/aromatic N) is 4. The van der Waals surface area contributed by atoms with Gasteiger partial charge in [0, 0.05) is 26.1 Å². The Labute approximate surface area is 111 Å². The van der Waals surface area contributed by atoms with Crippen molar-refractivity contribution < 1.29 is 4.79 Å². The molecule has 19 heavy (non-hydrogen) atoms. The van der Waals surface area contributed by atoms with E-state index >= 15 is 0 Å². The van der Waals surface area contributed by atoms with Gasteiger partial charge in [-0.3, -0.25) is 10.2 Å². The van der Waals surface area contributed by atoms with Crippen LogP contribution >= 0.6 is 0 Å². The first-order chi connectivity index (χ1) is 8.73. The first-order valence-corrected chi connectivity index (χ1v) is 5.70. The van der Waals surface area contributed by atoms with Crippen molar-refractivity contribution in [3.8, 4) is 0 Å². The lowest BCUT2D eigenvalue weighted by Gasteiger charge is -2.25. The third-order valence-electron chi connectivity index (χ3n) is 2.22. The lowest BCUT2D eigenvalue weighted by molar-refractivity contribution is -0.118. The van der Waals surface area contributed by atoms with E-state index in [1.165, 1.54) is 0 Å². The molecular weight excluding hydrogens is 248 g/mol. The van der Waals surface area contributed by atoms with E-state index in [0.29, 0.717) is 11.9 Å². The standard InChI is InChI=1S/C10H20N8O/c1-10(2,5-6(11)19)16-7-13-8(17-12)15-9(14-7)18(3)4/h5,12H2,1-4H3,(H2,11,19)(H2,13,14,15,16,17). The predicted octanol–water partition coefficient (Wildman–Crippen LogP) is -0.711. The van der Waals surface area contributed by atoms with Crippen molar-refractivity contribution in [3.05, 3.63) is 0 Å². The normalized spacial score (nSPS) is 11.0. The minimum atomic E-state index is -0.567. The molecule has 0 radical (unpaired) electrons. The maximum absolute atomic E-state index is 11.0. The van der Waals surface area contributed by atoms with Gasteiger partial charge < -0.3 is 16.0 Å². The van der Waals surface area contributed by atoms with Crippen LogP contribution in [0.15, 0.2) is 0 Å². The Hall–Kier alpha value is -2.16. The molecule has 0 bridgehead atoms. The molecule has 1 aromatic heterocycles. The molecule has 9 heteroatoms. The molecule has 0 spiro atoms. The summed E-state index contributed by atoms with van der Waals surface area (Å²) < 4.78 is 0. The van der Waals surface area contributed by atoms with E-state index in [2.05, 4.69) is 25.7 Å². The number of nitrogen functional groups attached to an aromatic ring is 1. The van der Waals surface area contributed by atoms with Gasteiger partial charge in [0.2, 0.25) is 23.8 Å². The summed E-state index contributed by atoms with van der Waals surface area (Å²) in [6.45, 7) is 3.65. The second-order valence-corrected chi connectivity index (χ2v) is 4.97. The van der Waals surface area contributed by atoms with Gasteiger partial charge in [-0.15, -0.1) is 0 Å². The van der Waals surface area contributed by atoms with Crippen molar-refractivity contribution in [2.45, 2.75) is 25.8 Å². The van der Waals surface area contributed by atoms with E-state index in [1.807, 2.05) is 13.8 Å². The van der Waals surface area contributed by atoms with Crippen LogP contribution in [0.2, 0.25) is 0 Å². The Kier molecular flexibility index (Phi) is 4.43. The average Bonchev–Trinajstić information content (AvgIpc) is 2.25. The highest BCUT2D eigenvalue weighted by atomic mass is 16.1. The highest BCUT2D eigenvalue weighted by Gasteiger charge is 2.22. The van der Waals surface area contributed by atoms with Crippen molar-refractivity contribution in [1.82, 2.24) is 15.0 Å². The minimum absolute atomic E-state index is 0.154. The number of hydrazine groups is 1. The number of hydrogen-bond donors (Lipinski definition) is 4. The Bertz CT molecular complexity index is 459. The van der Waals surface area contributed by atoms with Crippen molar-refractivity contribution >= 4 is 23.8 Å². The van der Waals surface area contributed by atoms with Crippen molar-refractivity contribution in [3.63, 3.8) is 0 Å². The molecule has 106 valence electrons. The summed E-state index contributed by atoms with van der Waals surface area (Å²) in [6, 6.07) is 0. The third kappa shape index (κ3) is 4.54. The summed E-state index contributed by atoms with van der Waals surface area (Å²) in [5.74, 6) is 5.90. The van der Waals surface area contributed by atoms with Gasteiger partial charge in [0.15, 0.2) is 0 Å². The molecular formula is C10H20N8O. The third-order valence-corrected chi connectivity index (χ3v) is 2.22. The summed E-state index contributed by atoms with van der Waals surface area (Å²) >= 11 is 0. The number of hydrogen-bond acceptors (Lipinski definition) is 8. The zero-order valence-electron chi connectivity index (χ0n) is 11.6.